The van der Waals surface area contributed by atoms with E-state index < -0.39 is 0 Å². The van der Waals surface area contributed by atoms with Gasteiger partial charge in [0, 0.05) is 25.1 Å². The molecule has 3 atom stereocenters. The smallest absolute Gasteiger partial charge is 0.224 e. The molecule has 0 aliphatic heterocycles. The first-order chi connectivity index (χ1) is 10.6. The zero-order chi connectivity index (χ0) is 15.9. The Kier molecular flexibility index (Phi) is 6.40. The molecular formula is C18H28N2O2. The van der Waals surface area contributed by atoms with E-state index in [0.717, 1.165) is 19.3 Å². The Labute approximate surface area is 133 Å². The van der Waals surface area contributed by atoms with Crippen LogP contribution in [0.1, 0.15) is 50.3 Å². The lowest BCUT2D eigenvalue weighted by atomic mass is 9.89. The summed E-state index contributed by atoms with van der Waals surface area (Å²) in [7, 11) is 0. The second kappa shape index (κ2) is 8.30. The topological polar surface area (TPSA) is 64.4 Å². The standard InChI is InChI=1S/C18H28N2O2/c1-13(14(2)19)18(21)20-11-6-12-22-17-10-5-8-15-7-3-4-9-16(15)17/h3-4,7,9,13-14,17H,5-6,8,10-12,19H2,1-2H3,(H,20,21). The number of amides is 1. The van der Waals surface area contributed by atoms with E-state index in [2.05, 4.69) is 29.6 Å². The molecule has 1 aromatic rings. The highest BCUT2D eigenvalue weighted by molar-refractivity contribution is 5.78. The molecular weight excluding hydrogens is 276 g/mol. The number of rotatable bonds is 7. The fourth-order valence-corrected chi connectivity index (χ4v) is 2.79. The van der Waals surface area contributed by atoms with Gasteiger partial charge in [0.25, 0.3) is 0 Å². The molecule has 2 rings (SSSR count). The molecule has 122 valence electrons. The van der Waals surface area contributed by atoms with Gasteiger partial charge in [-0.2, -0.15) is 0 Å². The Bertz CT molecular complexity index is 488. The number of fused-ring (bicyclic) bond motifs is 1. The van der Waals surface area contributed by atoms with Crippen LogP contribution in [0.3, 0.4) is 0 Å². The Hall–Kier alpha value is -1.39. The maximum absolute atomic E-state index is 11.8. The maximum atomic E-state index is 11.8. The van der Waals surface area contributed by atoms with Crippen LogP contribution in [0.15, 0.2) is 24.3 Å². The Morgan fingerprint density at radius 2 is 2.18 bits per heavy atom. The van der Waals surface area contributed by atoms with E-state index in [1.54, 1.807) is 0 Å². The van der Waals surface area contributed by atoms with Crippen LogP contribution in [0, 0.1) is 5.92 Å². The molecule has 1 aliphatic rings. The maximum Gasteiger partial charge on any atom is 0.224 e. The van der Waals surface area contributed by atoms with Crippen molar-refractivity contribution in [2.75, 3.05) is 13.2 Å². The molecule has 0 fully saturated rings. The van der Waals surface area contributed by atoms with Crippen LogP contribution in [-0.4, -0.2) is 25.1 Å². The van der Waals surface area contributed by atoms with Gasteiger partial charge in [0.2, 0.25) is 5.91 Å². The summed E-state index contributed by atoms with van der Waals surface area (Å²) in [5.74, 6) is -0.121. The van der Waals surface area contributed by atoms with Gasteiger partial charge in [0.15, 0.2) is 0 Å². The van der Waals surface area contributed by atoms with Crippen LogP contribution in [-0.2, 0) is 16.0 Å². The molecule has 0 spiro atoms. The van der Waals surface area contributed by atoms with Gasteiger partial charge in [-0.1, -0.05) is 31.2 Å². The SMILES string of the molecule is CC(N)C(C)C(=O)NCCCOC1CCCc2ccccc21. The van der Waals surface area contributed by atoms with Gasteiger partial charge in [-0.25, -0.2) is 0 Å². The Morgan fingerprint density at radius 3 is 2.95 bits per heavy atom. The number of ether oxygens (including phenoxy) is 1. The van der Waals surface area contributed by atoms with Crippen LogP contribution >= 0.6 is 0 Å². The highest BCUT2D eigenvalue weighted by Crippen LogP contribution is 2.32. The van der Waals surface area contributed by atoms with Crippen LogP contribution in [0.25, 0.3) is 0 Å². The number of aryl methyl sites for hydroxylation is 1. The van der Waals surface area contributed by atoms with Crippen molar-refractivity contribution in [1.82, 2.24) is 5.32 Å². The summed E-state index contributed by atoms with van der Waals surface area (Å²) >= 11 is 0. The van der Waals surface area contributed by atoms with Crippen molar-refractivity contribution in [3.8, 4) is 0 Å². The van der Waals surface area contributed by atoms with E-state index in [-0.39, 0.29) is 24.0 Å². The molecule has 1 aromatic carbocycles. The summed E-state index contributed by atoms with van der Waals surface area (Å²) in [6, 6.07) is 8.42. The van der Waals surface area contributed by atoms with Gasteiger partial charge in [0.05, 0.1) is 6.10 Å². The van der Waals surface area contributed by atoms with E-state index in [0.29, 0.717) is 13.2 Å². The van der Waals surface area contributed by atoms with E-state index in [4.69, 9.17) is 10.5 Å². The predicted molar refractivity (Wildman–Crippen MR) is 88.5 cm³/mol. The molecule has 1 aliphatic carbocycles. The molecule has 1 amide bonds. The summed E-state index contributed by atoms with van der Waals surface area (Å²) in [4.78, 5) is 11.8. The molecule has 4 heteroatoms. The van der Waals surface area contributed by atoms with Crippen molar-refractivity contribution in [3.05, 3.63) is 35.4 Å². The van der Waals surface area contributed by atoms with Crippen molar-refractivity contribution in [3.63, 3.8) is 0 Å². The van der Waals surface area contributed by atoms with Crippen molar-refractivity contribution in [2.24, 2.45) is 11.7 Å². The fourth-order valence-electron chi connectivity index (χ4n) is 2.79. The van der Waals surface area contributed by atoms with Gasteiger partial charge in [0.1, 0.15) is 0 Å². The largest absolute Gasteiger partial charge is 0.373 e. The van der Waals surface area contributed by atoms with E-state index in [1.807, 2.05) is 13.8 Å². The number of carbonyl (C=O) groups is 1. The lowest BCUT2D eigenvalue weighted by Gasteiger charge is -2.25. The Balaban J connectivity index is 1.69. The predicted octanol–water partition coefficient (Wildman–Crippen LogP) is 2.57. The number of carbonyl (C=O) groups excluding carboxylic acids is 1. The third-order valence-corrected chi connectivity index (χ3v) is 4.46. The summed E-state index contributed by atoms with van der Waals surface area (Å²) < 4.78 is 6.02. The summed E-state index contributed by atoms with van der Waals surface area (Å²) in [5.41, 5.74) is 8.48. The zero-order valence-electron chi connectivity index (χ0n) is 13.7. The van der Waals surface area contributed by atoms with E-state index >= 15 is 0 Å². The minimum Gasteiger partial charge on any atom is -0.373 e. The highest BCUT2D eigenvalue weighted by atomic mass is 16.5. The van der Waals surface area contributed by atoms with Crippen molar-refractivity contribution in [2.45, 2.75) is 51.7 Å². The molecule has 0 saturated carbocycles. The van der Waals surface area contributed by atoms with Gasteiger partial charge < -0.3 is 15.8 Å². The third-order valence-electron chi connectivity index (χ3n) is 4.46. The average molecular weight is 304 g/mol. The summed E-state index contributed by atoms with van der Waals surface area (Å²) in [5, 5.41) is 2.92. The highest BCUT2D eigenvalue weighted by Gasteiger charge is 2.20. The molecule has 22 heavy (non-hydrogen) atoms. The first-order valence-electron chi connectivity index (χ1n) is 8.32. The van der Waals surface area contributed by atoms with Crippen molar-refractivity contribution >= 4 is 5.91 Å². The number of hydrogen-bond acceptors (Lipinski definition) is 3. The molecule has 0 aromatic heterocycles. The summed E-state index contributed by atoms with van der Waals surface area (Å²) in [6.45, 7) is 5.03. The van der Waals surface area contributed by atoms with Gasteiger partial charge in [-0.15, -0.1) is 0 Å². The molecule has 0 saturated heterocycles. The normalized spacial score (nSPS) is 20.0. The minimum atomic E-state index is -0.147. The first-order valence-corrected chi connectivity index (χ1v) is 8.32. The van der Waals surface area contributed by atoms with E-state index in [1.165, 1.54) is 17.5 Å². The number of nitrogens with one attached hydrogen (secondary N) is 1. The van der Waals surface area contributed by atoms with E-state index in [9.17, 15) is 4.79 Å². The van der Waals surface area contributed by atoms with Crippen LogP contribution in [0.2, 0.25) is 0 Å². The molecule has 0 radical (unpaired) electrons. The molecule has 3 N–H and O–H groups in total. The molecule has 0 heterocycles. The third kappa shape index (κ3) is 4.55. The summed E-state index contributed by atoms with van der Waals surface area (Å²) in [6.07, 6.45) is 4.47. The second-order valence-electron chi connectivity index (χ2n) is 6.24. The average Bonchev–Trinajstić information content (AvgIpc) is 2.53. The monoisotopic (exact) mass is 304 g/mol. The lowest BCUT2D eigenvalue weighted by Crippen LogP contribution is -2.39. The van der Waals surface area contributed by atoms with Crippen LogP contribution in [0.4, 0.5) is 0 Å². The Morgan fingerprint density at radius 1 is 1.41 bits per heavy atom. The van der Waals surface area contributed by atoms with Gasteiger partial charge >= 0.3 is 0 Å². The molecule has 0 bridgehead atoms. The van der Waals surface area contributed by atoms with Crippen LogP contribution in [0.5, 0.6) is 0 Å². The lowest BCUT2D eigenvalue weighted by molar-refractivity contribution is -0.125. The van der Waals surface area contributed by atoms with Crippen molar-refractivity contribution in [1.29, 1.82) is 0 Å². The second-order valence-corrected chi connectivity index (χ2v) is 6.24. The first kappa shape index (κ1) is 17.0. The van der Waals surface area contributed by atoms with Gasteiger partial charge in [-0.05, 0) is 43.7 Å². The quantitative estimate of drug-likeness (QED) is 0.761. The molecule has 3 unspecified atom stereocenters. The molecule has 4 nitrogen and oxygen atoms in total. The van der Waals surface area contributed by atoms with Crippen LogP contribution < -0.4 is 11.1 Å². The zero-order valence-corrected chi connectivity index (χ0v) is 13.7. The van der Waals surface area contributed by atoms with Gasteiger partial charge in [-0.3, -0.25) is 4.79 Å². The van der Waals surface area contributed by atoms with Crippen molar-refractivity contribution < 1.29 is 9.53 Å². The number of hydrogen-bond donors (Lipinski definition) is 2. The number of nitrogens with two attached hydrogens (primary N) is 1. The fraction of sp³-hybridized carbons (Fsp3) is 0.611. The minimum absolute atomic E-state index is 0.0259. The number of benzene rings is 1.